The van der Waals surface area contributed by atoms with E-state index in [0.29, 0.717) is 11.8 Å². The number of hydrogen-bond donors (Lipinski definition) is 1. The zero-order chi connectivity index (χ0) is 20.2. The molecular formula is C24H33N3O2. The Labute approximate surface area is 174 Å². The van der Waals surface area contributed by atoms with E-state index >= 15 is 0 Å². The molecule has 29 heavy (non-hydrogen) atoms. The minimum Gasteiger partial charge on any atom is -0.507 e. The van der Waals surface area contributed by atoms with Gasteiger partial charge in [-0.25, -0.2) is 0 Å². The van der Waals surface area contributed by atoms with E-state index in [2.05, 4.69) is 45.9 Å². The highest BCUT2D eigenvalue weighted by Gasteiger charge is 2.29. The smallest absolute Gasteiger partial charge is 0.127 e. The quantitative estimate of drug-likeness (QED) is 0.839. The number of para-hydroxylation sites is 1. The molecule has 2 heterocycles. The molecule has 0 bridgehead atoms. The van der Waals surface area contributed by atoms with Gasteiger partial charge >= 0.3 is 0 Å². The maximum absolute atomic E-state index is 10.3. The molecule has 1 N–H and O–H groups in total. The van der Waals surface area contributed by atoms with Crippen LogP contribution < -0.4 is 9.64 Å². The highest BCUT2D eigenvalue weighted by Crippen LogP contribution is 2.30. The van der Waals surface area contributed by atoms with Crippen LogP contribution in [0.3, 0.4) is 0 Å². The molecule has 5 heteroatoms. The SMILES string of the molecule is COc1cccc(O)c1CN1CCC[C@H](N2CCN(c3ccccc3C)CC2)C1. The van der Waals surface area contributed by atoms with Gasteiger partial charge in [0.1, 0.15) is 11.5 Å². The fraction of sp³-hybridized carbons (Fsp3) is 0.500. The molecule has 5 nitrogen and oxygen atoms in total. The molecule has 2 aliphatic rings. The minimum absolute atomic E-state index is 0.332. The Morgan fingerprint density at radius 3 is 2.55 bits per heavy atom. The lowest BCUT2D eigenvalue weighted by Crippen LogP contribution is -2.55. The van der Waals surface area contributed by atoms with Gasteiger partial charge in [-0.15, -0.1) is 0 Å². The van der Waals surface area contributed by atoms with Gasteiger partial charge in [0.2, 0.25) is 0 Å². The molecular weight excluding hydrogens is 362 g/mol. The number of ether oxygens (including phenoxy) is 1. The van der Waals surface area contributed by atoms with Crippen molar-refractivity contribution in [3.05, 3.63) is 53.6 Å². The summed E-state index contributed by atoms with van der Waals surface area (Å²) in [7, 11) is 1.67. The Hall–Kier alpha value is -2.24. The van der Waals surface area contributed by atoms with Crippen molar-refractivity contribution in [1.29, 1.82) is 0 Å². The molecule has 1 atom stereocenters. The average Bonchev–Trinajstić information content (AvgIpc) is 2.76. The summed E-state index contributed by atoms with van der Waals surface area (Å²) in [6, 6.07) is 14.8. The zero-order valence-corrected chi connectivity index (χ0v) is 17.7. The average molecular weight is 396 g/mol. The Kier molecular flexibility index (Phi) is 6.26. The van der Waals surface area contributed by atoms with Gasteiger partial charge in [0.15, 0.2) is 0 Å². The first-order valence-electron chi connectivity index (χ1n) is 10.8. The first-order valence-corrected chi connectivity index (χ1v) is 10.8. The number of rotatable bonds is 5. The summed E-state index contributed by atoms with van der Waals surface area (Å²) in [5.74, 6) is 1.11. The standard InChI is InChI=1S/C24H33N3O2/c1-19-7-3-4-9-22(19)27-15-13-26(14-16-27)20-8-6-12-25(17-20)18-21-23(28)10-5-11-24(21)29-2/h3-5,7,9-11,20,28H,6,8,12-18H2,1-2H3/t20-/m0/s1. The number of aromatic hydroxyl groups is 1. The Morgan fingerprint density at radius 2 is 1.79 bits per heavy atom. The van der Waals surface area contributed by atoms with Crippen molar-refractivity contribution in [3.63, 3.8) is 0 Å². The van der Waals surface area contributed by atoms with Crippen molar-refractivity contribution in [3.8, 4) is 11.5 Å². The number of benzene rings is 2. The predicted octanol–water partition coefficient (Wildman–Crippen LogP) is 3.50. The molecule has 0 aromatic heterocycles. The van der Waals surface area contributed by atoms with Gasteiger partial charge in [-0.3, -0.25) is 9.80 Å². The summed E-state index contributed by atoms with van der Waals surface area (Å²) < 4.78 is 5.47. The predicted molar refractivity (Wildman–Crippen MR) is 118 cm³/mol. The van der Waals surface area contributed by atoms with Crippen LogP contribution in [0.5, 0.6) is 11.5 Å². The van der Waals surface area contributed by atoms with Gasteiger partial charge in [-0.1, -0.05) is 24.3 Å². The first-order chi connectivity index (χ1) is 14.2. The summed E-state index contributed by atoms with van der Waals surface area (Å²) in [4.78, 5) is 7.67. The molecule has 0 amide bonds. The molecule has 2 aromatic rings. The number of piperazine rings is 1. The second-order valence-electron chi connectivity index (χ2n) is 8.30. The lowest BCUT2D eigenvalue weighted by Gasteiger charge is -2.44. The third kappa shape index (κ3) is 4.51. The maximum Gasteiger partial charge on any atom is 0.127 e. The lowest BCUT2D eigenvalue weighted by atomic mass is 10.0. The van der Waals surface area contributed by atoms with E-state index in [4.69, 9.17) is 4.74 Å². The van der Waals surface area contributed by atoms with E-state index in [1.807, 2.05) is 12.1 Å². The topological polar surface area (TPSA) is 39.2 Å². The fourth-order valence-corrected chi connectivity index (χ4v) is 4.85. The summed E-state index contributed by atoms with van der Waals surface area (Å²) in [5.41, 5.74) is 3.64. The highest BCUT2D eigenvalue weighted by atomic mass is 16.5. The first kappa shape index (κ1) is 20.0. The van der Waals surface area contributed by atoms with Crippen LogP contribution in [0.2, 0.25) is 0 Å². The van der Waals surface area contributed by atoms with Crippen LogP contribution in [0, 0.1) is 6.92 Å². The Balaban J connectivity index is 1.36. The second kappa shape index (κ2) is 9.06. The van der Waals surface area contributed by atoms with Crippen molar-refractivity contribution >= 4 is 5.69 Å². The third-order valence-corrected chi connectivity index (χ3v) is 6.48. The van der Waals surface area contributed by atoms with Crippen LogP contribution in [-0.2, 0) is 6.54 Å². The number of phenolic OH excluding ortho intramolecular Hbond substituents is 1. The molecule has 2 saturated heterocycles. The van der Waals surface area contributed by atoms with Crippen molar-refractivity contribution in [1.82, 2.24) is 9.80 Å². The molecule has 4 rings (SSSR count). The largest absolute Gasteiger partial charge is 0.507 e. The van der Waals surface area contributed by atoms with Gasteiger partial charge in [-0.2, -0.15) is 0 Å². The number of nitrogens with zero attached hydrogens (tertiary/aromatic N) is 3. The molecule has 2 aliphatic heterocycles. The van der Waals surface area contributed by atoms with Crippen LogP contribution in [0.25, 0.3) is 0 Å². The fourth-order valence-electron chi connectivity index (χ4n) is 4.85. The molecule has 0 unspecified atom stereocenters. The van der Waals surface area contributed by atoms with Gasteiger partial charge in [0.25, 0.3) is 0 Å². The normalized spacial score (nSPS) is 21.3. The van der Waals surface area contributed by atoms with Gasteiger partial charge in [0.05, 0.1) is 7.11 Å². The summed E-state index contributed by atoms with van der Waals surface area (Å²) in [6.45, 7) is 9.51. The lowest BCUT2D eigenvalue weighted by molar-refractivity contribution is 0.0878. The highest BCUT2D eigenvalue weighted by molar-refractivity contribution is 5.53. The van der Waals surface area contributed by atoms with Crippen LogP contribution in [0.1, 0.15) is 24.0 Å². The van der Waals surface area contributed by atoms with Crippen LogP contribution in [-0.4, -0.2) is 67.3 Å². The number of hydrogen-bond acceptors (Lipinski definition) is 5. The number of piperidine rings is 1. The molecule has 0 spiro atoms. The summed E-state index contributed by atoms with van der Waals surface area (Å²) in [5, 5.41) is 10.3. The number of likely N-dealkylation sites (tertiary alicyclic amines) is 1. The molecule has 2 aromatic carbocycles. The zero-order valence-electron chi connectivity index (χ0n) is 17.7. The number of anilines is 1. The van der Waals surface area contributed by atoms with Crippen LogP contribution >= 0.6 is 0 Å². The molecule has 156 valence electrons. The van der Waals surface area contributed by atoms with Gasteiger partial charge in [-0.05, 0) is 50.1 Å². The number of phenols is 1. The van der Waals surface area contributed by atoms with Crippen molar-refractivity contribution in [2.24, 2.45) is 0 Å². The Morgan fingerprint density at radius 1 is 1.00 bits per heavy atom. The van der Waals surface area contributed by atoms with Crippen LogP contribution in [0.15, 0.2) is 42.5 Å². The molecule has 0 aliphatic carbocycles. The van der Waals surface area contributed by atoms with E-state index in [0.717, 1.165) is 57.1 Å². The number of aryl methyl sites for hydroxylation is 1. The van der Waals surface area contributed by atoms with E-state index in [1.165, 1.54) is 24.1 Å². The summed E-state index contributed by atoms with van der Waals surface area (Å²) >= 11 is 0. The minimum atomic E-state index is 0.332. The molecule has 2 fully saturated rings. The van der Waals surface area contributed by atoms with Gasteiger partial charge in [0, 0.05) is 56.6 Å². The van der Waals surface area contributed by atoms with E-state index in [1.54, 1.807) is 13.2 Å². The summed E-state index contributed by atoms with van der Waals surface area (Å²) in [6.07, 6.45) is 2.47. The van der Waals surface area contributed by atoms with E-state index < -0.39 is 0 Å². The third-order valence-electron chi connectivity index (χ3n) is 6.48. The van der Waals surface area contributed by atoms with Crippen molar-refractivity contribution in [2.75, 3.05) is 51.3 Å². The van der Waals surface area contributed by atoms with Crippen molar-refractivity contribution in [2.45, 2.75) is 32.4 Å². The van der Waals surface area contributed by atoms with E-state index in [9.17, 15) is 5.11 Å². The maximum atomic E-state index is 10.3. The Bertz CT molecular complexity index is 818. The van der Waals surface area contributed by atoms with Crippen molar-refractivity contribution < 1.29 is 9.84 Å². The second-order valence-corrected chi connectivity index (χ2v) is 8.30. The van der Waals surface area contributed by atoms with E-state index in [-0.39, 0.29) is 0 Å². The van der Waals surface area contributed by atoms with Gasteiger partial charge < -0.3 is 14.7 Å². The monoisotopic (exact) mass is 395 g/mol. The van der Waals surface area contributed by atoms with Crippen LogP contribution in [0.4, 0.5) is 5.69 Å². The number of methoxy groups -OCH3 is 1. The molecule has 0 radical (unpaired) electrons. The molecule has 0 saturated carbocycles.